The monoisotopic (exact) mass is 485 g/mol. The molecule has 0 saturated carbocycles. The molecule has 0 atom stereocenters. The summed E-state index contributed by atoms with van der Waals surface area (Å²) >= 11 is -0.826. The average molecular weight is 488 g/mol. The quantitative estimate of drug-likeness (QED) is 0.305. The summed E-state index contributed by atoms with van der Waals surface area (Å²) in [7, 11) is 10.8. The second-order valence-corrected chi connectivity index (χ2v) is 11.4. The van der Waals surface area contributed by atoms with Gasteiger partial charge < -0.3 is 10.8 Å². The molecule has 6 heteroatoms. The summed E-state index contributed by atoms with van der Waals surface area (Å²) in [6, 6.07) is 20.2. The second kappa shape index (κ2) is 14.9. The van der Waals surface area contributed by atoms with Gasteiger partial charge in [0, 0.05) is 16.1 Å². The van der Waals surface area contributed by atoms with Gasteiger partial charge in [0.15, 0.2) is 0 Å². The van der Waals surface area contributed by atoms with E-state index >= 15 is 0 Å². The Kier molecular flexibility index (Phi) is 14.9. The summed E-state index contributed by atoms with van der Waals surface area (Å²) < 4.78 is 0. The van der Waals surface area contributed by atoms with Gasteiger partial charge >= 0.3 is 37.9 Å². The predicted octanol–water partition coefficient (Wildman–Crippen LogP) is 7.07. The molecule has 3 rings (SSSR count). The van der Waals surface area contributed by atoms with E-state index in [1.165, 1.54) is 21.5 Å². The van der Waals surface area contributed by atoms with E-state index in [0.717, 1.165) is 15.6 Å². The van der Waals surface area contributed by atoms with Crippen LogP contribution in [0, 0.1) is 0 Å². The van der Waals surface area contributed by atoms with Crippen molar-refractivity contribution < 1.29 is 26.0 Å². The van der Waals surface area contributed by atoms with Crippen LogP contribution < -0.4 is 0 Å². The van der Waals surface area contributed by atoms with Crippen molar-refractivity contribution in [3.05, 3.63) is 60.3 Å². The van der Waals surface area contributed by atoms with E-state index in [-0.39, 0.29) is 5.54 Å². The summed E-state index contributed by atoms with van der Waals surface area (Å²) in [5, 5.41) is 13.5. The number of hydrogen-bond donors (Lipinski definition) is 1. The first-order valence-corrected chi connectivity index (χ1v) is 16.3. The van der Waals surface area contributed by atoms with Crippen molar-refractivity contribution >= 4 is 48.1 Å². The molecule has 0 heterocycles. The van der Waals surface area contributed by atoms with Gasteiger partial charge in [-0.15, -0.1) is 45.3 Å². The predicted molar refractivity (Wildman–Crippen MR) is 116 cm³/mol. The zero-order chi connectivity index (χ0) is 20.0. The minimum atomic E-state index is -0.826. The molecule has 2 nitrogen and oxygen atoms in total. The van der Waals surface area contributed by atoms with Crippen molar-refractivity contribution in [2.75, 3.05) is 6.61 Å². The van der Waals surface area contributed by atoms with Crippen LogP contribution in [0.1, 0.15) is 20.8 Å². The fourth-order valence-electron chi connectivity index (χ4n) is 2.02. The summed E-state index contributed by atoms with van der Waals surface area (Å²) in [6.07, 6.45) is 0. The average Bonchev–Trinajstić information content (AvgIpc) is 2.94. The SMILES string of the molecule is CC(C)(C)[NH-].C[Si]CCO.[Cl][Zr+2][Cl].c1ccc2c(c1)[cH-]c1ccccc12. The number of aliphatic hydroxyl groups is 1. The minimum absolute atomic E-state index is 0.250. The molecule has 0 fully saturated rings. The molecular formula is C20H27Cl2NOSiZr. The molecule has 26 heavy (non-hydrogen) atoms. The van der Waals surface area contributed by atoms with Crippen LogP contribution in [-0.2, 0) is 20.8 Å². The van der Waals surface area contributed by atoms with Crippen molar-refractivity contribution in [3.63, 3.8) is 0 Å². The summed E-state index contributed by atoms with van der Waals surface area (Å²) in [4.78, 5) is 0. The van der Waals surface area contributed by atoms with Gasteiger partial charge in [0.2, 0.25) is 0 Å². The van der Waals surface area contributed by atoms with Crippen molar-refractivity contribution in [1.29, 1.82) is 0 Å². The summed E-state index contributed by atoms with van der Waals surface area (Å²) in [5.41, 5.74) is 6.69. The van der Waals surface area contributed by atoms with Crippen LogP contribution in [0.15, 0.2) is 54.6 Å². The molecule has 0 aromatic heterocycles. The zero-order valence-electron chi connectivity index (χ0n) is 15.8. The molecule has 2 radical (unpaired) electrons. The van der Waals surface area contributed by atoms with Crippen molar-refractivity contribution in [2.24, 2.45) is 0 Å². The van der Waals surface area contributed by atoms with E-state index in [1.54, 1.807) is 0 Å². The van der Waals surface area contributed by atoms with Gasteiger partial charge in [0.1, 0.15) is 0 Å². The minimum Gasteiger partial charge on any atom is -0.126 e. The molecule has 2 N–H and O–H groups in total. The molecule has 3 aromatic rings. The number of nitrogens with one attached hydrogen (secondary N) is 1. The van der Waals surface area contributed by atoms with Crippen LogP contribution in [0.3, 0.4) is 0 Å². The van der Waals surface area contributed by atoms with Crippen molar-refractivity contribution in [3.8, 4) is 0 Å². The summed E-state index contributed by atoms with van der Waals surface area (Å²) in [6.45, 7) is 8.00. The third kappa shape index (κ3) is 12.3. The van der Waals surface area contributed by atoms with Gasteiger partial charge in [-0.2, -0.15) is 0 Å². The maximum absolute atomic E-state index is 8.07. The van der Waals surface area contributed by atoms with Gasteiger partial charge in [-0.3, -0.25) is 0 Å². The first-order chi connectivity index (χ1) is 12.3. The molecule has 140 valence electrons. The van der Waals surface area contributed by atoms with E-state index in [1.807, 2.05) is 20.8 Å². The third-order valence-electron chi connectivity index (χ3n) is 2.88. The normalized spacial score (nSPS) is 9.85. The Balaban J connectivity index is 0.000000405. The molecule has 0 bridgehead atoms. The van der Waals surface area contributed by atoms with Crippen molar-refractivity contribution in [2.45, 2.75) is 38.9 Å². The van der Waals surface area contributed by atoms with Gasteiger partial charge in [-0.25, -0.2) is 0 Å². The van der Waals surface area contributed by atoms with E-state index in [2.05, 4.69) is 61.1 Å². The van der Waals surface area contributed by atoms with Crippen LogP contribution in [0.5, 0.6) is 0 Å². The first-order valence-electron chi connectivity index (χ1n) is 8.28. The Bertz CT molecular complexity index is 670. The number of rotatable bonds is 2. The Morgan fingerprint density at radius 3 is 1.62 bits per heavy atom. The molecular weight excluding hydrogens is 460 g/mol. The Morgan fingerprint density at radius 1 is 1.00 bits per heavy atom. The molecule has 0 amide bonds. The number of aliphatic hydroxyl groups excluding tert-OH is 1. The van der Waals surface area contributed by atoms with Crippen LogP contribution in [-0.4, -0.2) is 26.8 Å². The molecule has 0 aliphatic rings. The maximum Gasteiger partial charge on any atom is -0.0771 e. The molecule has 0 aliphatic heterocycles. The fraction of sp³-hybridized carbons (Fsp3) is 0.350. The van der Waals surface area contributed by atoms with Gasteiger partial charge in [0.25, 0.3) is 0 Å². The van der Waals surface area contributed by atoms with E-state index in [9.17, 15) is 0 Å². The maximum atomic E-state index is 8.07. The first kappa shape index (κ1) is 25.9. The van der Waals surface area contributed by atoms with E-state index in [0.29, 0.717) is 6.61 Å². The molecule has 0 saturated heterocycles. The second-order valence-electron chi connectivity index (χ2n) is 6.47. The van der Waals surface area contributed by atoms with Gasteiger partial charge in [-0.05, 0) is 6.04 Å². The Labute approximate surface area is 178 Å². The van der Waals surface area contributed by atoms with Crippen molar-refractivity contribution in [1.82, 2.24) is 0 Å². The number of halogens is 2. The molecule has 0 spiro atoms. The smallest absolute Gasteiger partial charge is 0.0771 e. The number of hydrogen-bond acceptors (Lipinski definition) is 1. The Morgan fingerprint density at radius 2 is 1.35 bits per heavy atom. The van der Waals surface area contributed by atoms with Crippen LogP contribution in [0.2, 0.25) is 12.6 Å². The van der Waals surface area contributed by atoms with Crippen LogP contribution in [0.25, 0.3) is 27.3 Å². The van der Waals surface area contributed by atoms with E-state index in [4.69, 9.17) is 27.9 Å². The van der Waals surface area contributed by atoms with E-state index < -0.39 is 20.8 Å². The standard InChI is InChI=1S/C13H9.C4H10N.C3H8OSi.2ClH.Zr/c1-3-7-12-10(5-1)9-11-6-2-4-8-13(11)12;1-4(2,3)5;1-5-3-2-4;;;/h1-9H;5H,1-3H3;4H,2-3H2,1H3;2*1H;/q2*-1;;;;+4/p-2. The molecule has 0 unspecified atom stereocenters. The number of fused-ring (bicyclic) bond motifs is 3. The van der Waals surface area contributed by atoms with Crippen LogP contribution >= 0.6 is 17.0 Å². The Hall–Kier alpha value is -0.0900. The largest absolute Gasteiger partial charge is 0.126 e. The summed E-state index contributed by atoms with van der Waals surface area (Å²) in [5.74, 6) is 0. The third-order valence-corrected chi connectivity index (χ3v) is 3.61. The molecule has 0 aliphatic carbocycles. The fourth-order valence-corrected chi connectivity index (χ4v) is 2.24. The zero-order valence-corrected chi connectivity index (χ0v) is 20.8. The van der Waals surface area contributed by atoms with Crippen LogP contribution in [0.4, 0.5) is 0 Å². The van der Waals surface area contributed by atoms with Gasteiger partial charge in [0.05, 0.1) is 0 Å². The molecule has 3 aromatic carbocycles. The topological polar surface area (TPSA) is 44.0 Å². The number of benzene rings is 2. The van der Waals surface area contributed by atoms with Gasteiger partial charge in [-0.1, -0.05) is 63.7 Å².